The van der Waals surface area contributed by atoms with E-state index < -0.39 is 0 Å². The molecule has 11 heavy (non-hydrogen) atoms. The molecule has 1 aliphatic carbocycles. The van der Waals surface area contributed by atoms with Crippen molar-refractivity contribution in [2.24, 2.45) is 11.8 Å². The number of methoxy groups -OCH3 is 1. The van der Waals surface area contributed by atoms with Gasteiger partial charge in [-0.15, -0.1) is 0 Å². The lowest BCUT2D eigenvalue weighted by molar-refractivity contribution is -0.136. The minimum Gasteiger partial charge on any atom is -0.466 e. The van der Waals surface area contributed by atoms with Gasteiger partial charge in [-0.1, -0.05) is 19.9 Å². The van der Waals surface area contributed by atoms with Crippen LogP contribution in [-0.4, -0.2) is 13.1 Å². The van der Waals surface area contributed by atoms with E-state index in [-0.39, 0.29) is 5.97 Å². The summed E-state index contributed by atoms with van der Waals surface area (Å²) in [7, 11) is 1.43. The third-order valence-electron chi connectivity index (χ3n) is 2.35. The molecular weight excluding hydrogens is 140 g/mol. The molecule has 0 aromatic rings. The number of ether oxygens (including phenoxy) is 1. The molecule has 0 amide bonds. The van der Waals surface area contributed by atoms with Crippen molar-refractivity contribution in [3.05, 3.63) is 11.6 Å². The zero-order valence-electron chi connectivity index (χ0n) is 7.26. The van der Waals surface area contributed by atoms with Gasteiger partial charge in [0.15, 0.2) is 0 Å². The first-order chi connectivity index (χ1) is 5.15. The van der Waals surface area contributed by atoms with E-state index in [0.29, 0.717) is 11.8 Å². The van der Waals surface area contributed by atoms with Crippen LogP contribution in [0.15, 0.2) is 11.6 Å². The van der Waals surface area contributed by atoms with Gasteiger partial charge in [-0.05, 0) is 18.3 Å². The maximum absolute atomic E-state index is 11.0. The highest BCUT2D eigenvalue weighted by molar-refractivity contribution is 5.88. The average molecular weight is 154 g/mol. The summed E-state index contributed by atoms with van der Waals surface area (Å²) in [4.78, 5) is 11.0. The second-order valence-corrected chi connectivity index (χ2v) is 3.22. The number of hydrogen-bond acceptors (Lipinski definition) is 2. The largest absolute Gasteiger partial charge is 0.466 e. The van der Waals surface area contributed by atoms with E-state index in [4.69, 9.17) is 0 Å². The van der Waals surface area contributed by atoms with Gasteiger partial charge in [-0.3, -0.25) is 0 Å². The Morgan fingerprint density at radius 1 is 1.64 bits per heavy atom. The van der Waals surface area contributed by atoms with Crippen LogP contribution in [0.25, 0.3) is 0 Å². The van der Waals surface area contributed by atoms with Crippen LogP contribution in [0.2, 0.25) is 0 Å². The van der Waals surface area contributed by atoms with E-state index in [1.807, 2.05) is 6.08 Å². The van der Waals surface area contributed by atoms with Gasteiger partial charge in [-0.2, -0.15) is 0 Å². The van der Waals surface area contributed by atoms with E-state index in [9.17, 15) is 4.79 Å². The molecule has 0 spiro atoms. The van der Waals surface area contributed by atoms with E-state index >= 15 is 0 Å². The molecule has 0 heterocycles. The number of carbonyl (C=O) groups is 1. The Morgan fingerprint density at radius 2 is 2.27 bits per heavy atom. The third kappa shape index (κ3) is 1.62. The van der Waals surface area contributed by atoms with Crippen LogP contribution in [0, 0.1) is 11.8 Å². The lowest BCUT2D eigenvalue weighted by Crippen LogP contribution is -2.03. The van der Waals surface area contributed by atoms with Crippen molar-refractivity contribution in [1.29, 1.82) is 0 Å². The third-order valence-corrected chi connectivity index (χ3v) is 2.35. The maximum Gasteiger partial charge on any atom is 0.333 e. The van der Waals surface area contributed by atoms with Crippen LogP contribution < -0.4 is 0 Å². The first kappa shape index (κ1) is 8.31. The summed E-state index contributed by atoms with van der Waals surface area (Å²) in [6.45, 7) is 4.28. The van der Waals surface area contributed by atoms with Crippen molar-refractivity contribution in [2.75, 3.05) is 7.11 Å². The number of esters is 1. The Morgan fingerprint density at radius 3 is 2.64 bits per heavy atom. The van der Waals surface area contributed by atoms with E-state index in [1.165, 1.54) is 7.11 Å². The molecule has 0 aromatic carbocycles. The molecule has 0 N–H and O–H groups in total. The molecule has 1 rings (SSSR count). The Labute approximate surface area is 67.2 Å². The van der Waals surface area contributed by atoms with Crippen molar-refractivity contribution >= 4 is 5.97 Å². The molecule has 0 bridgehead atoms. The summed E-state index contributed by atoms with van der Waals surface area (Å²) in [5, 5.41) is 0. The second kappa shape index (κ2) is 3.07. The quantitative estimate of drug-likeness (QED) is 0.538. The fraction of sp³-hybridized carbons (Fsp3) is 0.667. The van der Waals surface area contributed by atoms with Gasteiger partial charge in [0.1, 0.15) is 0 Å². The van der Waals surface area contributed by atoms with Crippen LogP contribution in [0.5, 0.6) is 0 Å². The molecule has 62 valence electrons. The van der Waals surface area contributed by atoms with Gasteiger partial charge in [-0.25, -0.2) is 4.79 Å². The van der Waals surface area contributed by atoms with Gasteiger partial charge >= 0.3 is 5.97 Å². The van der Waals surface area contributed by atoms with Crippen LogP contribution >= 0.6 is 0 Å². The van der Waals surface area contributed by atoms with Crippen molar-refractivity contribution in [3.8, 4) is 0 Å². The van der Waals surface area contributed by atoms with Gasteiger partial charge in [0.05, 0.1) is 7.11 Å². The molecule has 2 nitrogen and oxygen atoms in total. The zero-order chi connectivity index (χ0) is 8.43. The molecule has 1 aliphatic rings. The summed E-state index contributed by atoms with van der Waals surface area (Å²) in [6.07, 6.45) is 2.88. The Hall–Kier alpha value is -0.790. The lowest BCUT2D eigenvalue weighted by Gasteiger charge is -2.05. The molecule has 0 saturated carbocycles. The van der Waals surface area contributed by atoms with Gasteiger partial charge in [0.25, 0.3) is 0 Å². The standard InChI is InChI=1S/C9H14O2/c1-6-4-8(5-7(6)2)9(10)11-3/h4,6-7H,5H2,1-3H3/t6-,7-/m0/s1. The fourth-order valence-corrected chi connectivity index (χ4v) is 1.36. The SMILES string of the molecule is COC(=O)C1=C[C@H](C)[C@@H](C)C1. The van der Waals surface area contributed by atoms with Crippen LogP contribution in [-0.2, 0) is 9.53 Å². The first-order valence-electron chi connectivity index (χ1n) is 3.94. The van der Waals surface area contributed by atoms with E-state index in [2.05, 4.69) is 18.6 Å². The van der Waals surface area contributed by atoms with E-state index in [1.54, 1.807) is 0 Å². The average Bonchev–Trinajstić information content (AvgIpc) is 2.31. The smallest absolute Gasteiger partial charge is 0.333 e. The molecule has 0 fully saturated rings. The predicted octanol–water partition coefficient (Wildman–Crippen LogP) is 1.76. The van der Waals surface area contributed by atoms with Crippen molar-refractivity contribution in [1.82, 2.24) is 0 Å². The number of carbonyl (C=O) groups excluding carboxylic acids is 1. The van der Waals surface area contributed by atoms with Crippen molar-refractivity contribution in [2.45, 2.75) is 20.3 Å². The Balaban J connectivity index is 2.63. The lowest BCUT2D eigenvalue weighted by atomic mass is 10.00. The highest BCUT2D eigenvalue weighted by atomic mass is 16.5. The van der Waals surface area contributed by atoms with Gasteiger partial charge < -0.3 is 4.74 Å². The topological polar surface area (TPSA) is 26.3 Å². The van der Waals surface area contributed by atoms with Crippen LogP contribution in [0.1, 0.15) is 20.3 Å². The molecule has 2 heteroatoms. The molecule has 0 saturated heterocycles. The molecule has 2 atom stereocenters. The molecule has 0 aliphatic heterocycles. The summed E-state index contributed by atoms with van der Waals surface area (Å²) in [5.41, 5.74) is 0.840. The van der Waals surface area contributed by atoms with Crippen molar-refractivity contribution in [3.63, 3.8) is 0 Å². The zero-order valence-corrected chi connectivity index (χ0v) is 7.26. The summed E-state index contributed by atoms with van der Waals surface area (Å²) < 4.78 is 4.62. The van der Waals surface area contributed by atoms with E-state index in [0.717, 1.165) is 12.0 Å². The number of allylic oxidation sites excluding steroid dienone is 1. The predicted molar refractivity (Wildman–Crippen MR) is 43.0 cm³/mol. The highest BCUT2D eigenvalue weighted by Crippen LogP contribution is 2.30. The van der Waals surface area contributed by atoms with Crippen molar-refractivity contribution < 1.29 is 9.53 Å². The number of rotatable bonds is 1. The van der Waals surface area contributed by atoms with Crippen LogP contribution in [0.4, 0.5) is 0 Å². The Bertz CT molecular complexity index is 194. The molecule has 0 radical (unpaired) electrons. The van der Waals surface area contributed by atoms with Gasteiger partial charge in [0, 0.05) is 5.57 Å². The monoisotopic (exact) mass is 154 g/mol. The maximum atomic E-state index is 11.0. The van der Waals surface area contributed by atoms with Crippen LogP contribution in [0.3, 0.4) is 0 Å². The number of hydrogen-bond donors (Lipinski definition) is 0. The first-order valence-corrected chi connectivity index (χ1v) is 3.94. The fourth-order valence-electron chi connectivity index (χ4n) is 1.36. The molecule has 0 unspecified atom stereocenters. The Kier molecular flexibility index (Phi) is 2.32. The second-order valence-electron chi connectivity index (χ2n) is 3.22. The summed E-state index contributed by atoms with van der Waals surface area (Å²) in [5.74, 6) is 0.939. The normalized spacial score (nSPS) is 29.9. The molecular formula is C9H14O2. The minimum atomic E-state index is -0.166. The molecule has 0 aromatic heterocycles. The van der Waals surface area contributed by atoms with Gasteiger partial charge in [0.2, 0.25) is 0 Å². The summed E-state index contributed by atoms with van der Waals surface area (Å²) >= 11 is 0. The minimum absolute atomic E-state index is 0.166. The highest BCUT2D eigenvalue weighted by Gasteiger charge is 2.24. The summed E-state index contributed by atoms with van der Waals surface area (Å²) in [6, 6.07) is 0.